The van der Waals surface area contributed by atoms with Crippen LogP contribution in [0.1, 0.15) is 25.0 Å². The van der Waals surface area contributed by atoms with Gasteiger partial charge in [-0.25, -0.2) is 0 Å². The van der Waals surface area contributed by atoms with E-state index < -0.39 is 11.4 Å². The van der Waals surface area contributed by atoms with E-state index in [1.807, 2.05) is 25.1 Å². The van der Waals surface area contributed by atoms with Crippen LogP contribution >= 0.6 is 11.6 Å². The van der Waals surface area contributed by atoms with E-state index in [0.717, 1.165) is 11.1 Å². The van der Waals surface area contributed by atoms with Crippen LogP contribution in [0.5, 0.6) is 0 Å². The van der Waals surface area contributed by atoms with Crippen LogP contribution in [0, 0.1) is 12.3 Å². The molecule has 1 N–H and O–H groups in total. The van der Waals surface area contributed by atoms with Gasteiger partial charge in [0.05, 0.1) is 5.41 Å². The molecule has 0 heterocycles. The summed E-state index contributed by atoms with van der Waals surface area (Å²) in [5, 5.41) is 9.69. The monoisotopic (exact) mass is 226 g/mol. The fourth-order valence-corrected chi connectivity index (χ4v) is 1.59. The lowest BCUT2D eigenvalue weighted by atomic mass is 9.85. The van der Waals surface area contributed by atoms with Gasteiger partial charge in [0.15, 0.2) is 0 Å². The van der Waals surface area contributed by atoms with Gasteiger partial charge in [-0.1, -0.05) is 29.8 Å². The van der Waals surface area contributed by atoms with Crippen LogP contribution in [0.15, 0.2) is 18.2 Å². The Morgan fingerprint density at radius 3 is 2.60 bits per heavy atom. The van der Waals surface area contributed by atoms with Gasteiger partial charge < -0.3 is 5.11 Å². The third kappa shape index (κ3) is 2.72. The molecule has 15 heavy (non-hydrogen) atoms. The largest absolute Gasteiger partial charge is 0.481 e. The first-order valence-corrected chi connectivity index (χ1v) is 5.20. The zero-order valence-corrected chi connectivity index (χ0v) is 9.93. The van der Waals surface area contributed by atoms with E-state index in [0.29, 0.717) is 11.4 Å². The Morgan fingerprint density at radius 2 is 2.07 bits per heavy atom. The Balaban J connectivity index is 3.00. The Labute approximate surface area is 94.9 Å². The zero-order chi connectivity index (χ0) is 11.6. The van der Waals surface area contributed by atoms with Gasteiger partial charge in [-0.15, -0.1) is 0 Å². The number of aliphatic carboxylic acids is 1. The Bertz CT molecular complexity index is 383. The minimum absolute atomic E-state index is 0.447. The van der Waals surface area contributed by atoms with Gasteiger partial charge in [-0.3, -0.25) is 4.79 Å². The summed E-state index contributed by atoms with van der Waals surface area (Å²) in [6, 6.07) is 5.69. The van der Waals surface area contributed by atoms with Crippen molar-refractivity contribution in [2.24, 2.45) is 5.41 Å². The van der Waals surface area contributed by atoms with Gasteiger partial charge in [0.2, 0.25) is 0 Å². The molecule has 0 aromatic heterocycles. The van der Waals surface area contributed by atoms with Crippen LogP contribution in [-0.2, 0) is 11.2 Å². The van der Waals surface area contributed by atoms with Gasteiger partial charge in [0.25, 0.3) is 0 Å². The highest BCUT2D eigenvalue weighted by molar-refractivity contribution is 6.32. The summed E-state index contributed by atoms with van der Waals surface area (Å²) in [5.74, 6) is -0.805. The second-order valence-electron chi connectivity index (χ2n) is 4.41. The molecule has 0 amide bonds. The van der Waals surface area contributed by atoms with Crippen LogP contribution < -0.4 is 0 Å². The molecule has 3 heteroatoms. The highest BCUT2D eigenvalue weighted by atomic mass is 35.5. The lowest BCUT2D eigenvalue weighted by molar-refractivity contribution is -0.146. The number of hydrogen-bond donors (Lipinski definition) is 1. The van der Waals surface area contributed by atoms with Crippen molar-refractivity contribution in [2.45, 2.75) is 27.2 Å². The van der Waals surface area contributed by atoms with E-state index in [2.05, 4.69) is 0 Å². The molecule has 0 saturated carbocycles. The Hall–Kier alpha value is -1.02. The summed E-state index contributed by atoms with van der Waals surface area (Å²) in [6.07, 6.45) is 0.447. The lowest BCUT2D eigenvalue weighted by Crippen LogP contribution is -2.26. The number of carbonyl (C=O) groups is 1. The number of aryl methyl sites for hydroxylation is 1. The van der Waals surface area contributed by atoms with E-state index in [9.17, 15) is 4.79 Å². The molecular weight excluding hydrogens is 212 g/mol. The van der Waals surface area contributed by atoms with E-state index in [1.165, 1.54) is 0 Å². The molecular formula is C12H15ClO2. The van der Waals surface area contributed by atoms with Crippen LogP contribution in [0.2, 0.25) is 5.02 Å². The topological polar surface area (TPSA) is 37.3 Å². The highest BCUT2D eigenvalue weighted by Crippen LogP contribution is 2.28. The second kappa shape index (κ2) is 4.23. The lowest BCUT2D eigenvalue weighted by Gasteiger charge is -2.20. The molecule has 0 aliphatic rings. The number of rotatable bonds is 3. The molecule has 0 unspecified atom stereocenters. The normalized spacial score (nSPS) is 11.5. The zero-order valence-electron chi connectivity index (χ0n) is 9.17. The molecule has 0 atom stereocenters. The van der Waals surface area contributed by atoms with Crippen LogP contribution in [-0.4, -0.2) is 11.1 Å². The first-order chi connectivity index (χ1) is 6.84. The molecule has 0 aliphatic carbocycles. The molecule has 1 rings (SSSR count). The molecule has 0 bridgehead atoms. The molecule has 0 radical (unpaired) electrons. The maximum atomic E-state index is 11.0. The third-order valence-corrected chi connectivity index (χ3v) is 3.02. The summed E-state index contributed by atoms with van der Waals surface area (Å²) >= 11 is 6.11. The summed E-state index contributed by atoms with van der Waals surface area (Å²) in [4.78, 5) is 11.0. The predicted molar refractivity (Wildman–Crippen MR) is 61.3 cm³/mol. The van der Waals surface area contributed by atoms with Crippen molar-refractivity contribution in [3.8, 4) is 0 Å². The summed E-state index contributed by atoms with van der Waals surface area (Å²) < 4.78 is 0. The van der Waals surface area contributed by atoms with Crippen molar-refractivity contribution in [1.82, 2.24) is 0 Å². The van der Waals surface area contributed by atoms with Gasteiger partial charge in [0, 0.05) is 5.02 Å². The van der Waals surface area contributed by atoms with E-state index >= 15 is 0 Å². The number of halogens is 1. The number of benzene rings is 1. The highest BCUT2D eigenvalue weighted by Gasteiger charge is 2.28. The van der Waals surface area contributed by atoms with Crippen molar-refractivity contribution in [1.29, 1.82) is 0 Å². The third-order valence-electron chi connectivity index (χ3n) is 2.48. The molecule has 0 saturated heterocycles. The summed E-state index contributed by atoms with van der Waals surface area (Å²) in [5.41, 5.74) is 1.09. The maximum absolute atomic E-state index is 11.0. The molecule has 82 valence electrons. The van der Waals surface area contributed by atoms with Gasteiger partial charge in [-0.2, -0.15) is 0 Å². The molecule has 1 aromatic rings. The van der Waals surface area contributed by atoms with Crippen molar-refractivity contribution in [2.75, 3.05) is 0 Å². The van der Waals surface area contributed by atoms with Gasteiger partial charge >= 0.3 is 5.97 Å². The number of carboxylic acid groups (broad SMARTS) is 1. The average molecular weight is 227 g/mol. The smallest absolute Gasteiger partial charge is 0.309 e. The quantitative estimate of drug-likeness (QED) is 0.859. The Kier molecular flexibility index (Phi) is 3.40. The fourth-order valence-electron chi connectivity index (χ4n) is 1.40. The average Bonchev–Trinajstić information content (AvgIpc) is 2.12. The molecule has 2 nitrogen and oxygen atoms in total. The molecule has 0 spiro atoms. The minimum atomic E-state index is -0.805. The Morgan fingerprint density at radius 1 is 1.47 bits per heavy atom. The SMILES string of the molecule is Cc1cccc(CC(C)(C)C(=O)O)c1Cl. The fraction of sp³-hybridized carbons (Fsp3) is 0.417. The molecule has 1 aromatic carbocycles. The van der Waals surface area contributed by atoms with Crippen LogP contribution in [0.4, 0.5) is 0 Å². The summed E-state index contributed by atoms with van der Waals surface area (Å²) in [7, 11) is 0. The first kappa shape index (κ1) is 12.1. The van der Waals surface area contributed by atoms with Crippen molar-refractivity contribution >= 4 is 17.6 Å². The number of carboxylic acids is 1. The van der Waals surface area contributed by atoms with Gasteiger partial charge in [0.1, 0.15) is 0 Å². The minimum Gasteiger partial charge on any atom is -0.481 e. The van der Waals surface area contributed by atoms with Crippen molar-refractivity contribution in [3.63, 3.8) is 0 Å². The van der Waals surface area contributed by atoms with Crippen molar-refractivity contribution in [3.05, 3.63) is 34.3 Å². The van der Waals surface area contributed by atoms with Crippen LogP contribution in [0.25, 0.3) is 0 Å². The van der Waals surface area contributed by atoms with Crippen molar-refractivity contribution < 1.29 is 9.90 Å². The van der Waals surface area contributed by atoms with E-state index in [4.69, 9.17) is 16.7 Å². The predicted octanol–water partition coefficient (Wildman–Crippen LogP) is 3.30. The standard InChI is InChI=1S/C12H15ClO2/c1-8-5-4-6-9(10(8)13)7-12(2,3)11(14)15/h4-6H,7H2,1-3H3,(H,14,15). The second-order valence-corrected chi connectivity index (χ2v) is 4.79. The van der Waals surface area contributed by atoms with Crippen LogP contribution in [0.3, 0.4) is 0 Å². The molecule has 0 aliphatic heterocycles. The van der Waals surface area contributed by atoms with Gasteiger partial charge in [-0.05, 0) is 38.3 Å². The molecule has 0 fully saturated rings. The van der Waals surface area contributed by atoms with E-state index in [1.54, 1.807) is 13.8 Å². The maximum Gasteiger partial charge on any atom is 0.309 e. The first-order valence-electron chi connectivity index (χ1n) is 4.82. The summed E-state index contributed by atoms with van der Waals surface area (Å²) in [6.45, 7) is 5.32. The van der Waals surface area contributed by atoms with E-state index in [-0.39, 0.29) is 0 Å². The number of hydrogen-bond acceptors (Lipinski definition) is 1.